The molecule has 0 amide bonds. The van der Waals surface area contributed by atoms with Gasteiger partial charge in [0.25, 0.3) is 10.2 Å². The molecule has 2 aliphatic rings. The molecule has 0 saturated carbocycles. The van der Waals surface area contributed by atoms with E-state index in [0.29, 0.717) is 26.2 Å². The third-order valence-electron chi connectivity index (χ3n) is 5.52. The summed E-state index contributed by atoms with van der Waals surface area (Å²) in [4.78, 5) is 0. The Morgan fingerprint density at radius 2 is 1.75 bits per heavy atom. The van der Waals surface area contributed by atoms with Crippen LogP contribution in [0.4, 0.5) is 0 Å². The first-order valence-corrected chi connectivity index (χ1v) is 10.2. The predicted molar refractivity (Wildman–Crippen MR) is 95.1 cm³/mol. The van der Waals surface area contributed by atoms with Gasteiger partial charge in [-0.15, -0.1) is 0 Å². The lowest BCUT2D eigenvalue weighted by Crippen LogP contribution is -2.53. The van der Waals surface area contributed by atoms with Crippen LogP contribution in [0.2, 0.25) is 0 Å². The maximum Gasteiger partial charge on any atom is 0.282 e. The van der Waals surface area contributed by atoms with Crippen molar-refractivity contribution in [2.75, 3.05) is 33.3 Å². The highest BCUT2D eigenvalue weighted by molar-refractivity contribution is 7.86. The van der Waals surface area contributed by atoms with Crippen molar-refractivity contribution < 1.29 is 13.2 Å². The molecule has 0 bridgehead atoms. The maximum absolute atomic E-state index is 13.1. The molecule has 0 N–H and O–H groups in total. The lowest BCUT2D eigenvalue weighted by Gasteiger charge is -2.42. The number of hydrogen-bond acceptors (Lipinski definition) is 3. The van der Waals surface area contributed by atoms with E-state index in [1.54, 1.807) is 15.7 Å². The molecule has 3 rings (SSSR count). The largest absolute Gasteiger partial charge is 0.381 e. The molecule has 2 aliphatic heterocycles. The van der Waals surface area contributed by atoms with Crippen molar-refractivity contribution in [1.82, 2.24) is 8.61 Å². The van der Waals surface area contributed by atoms with Gasteiger partial charge >= 0.3 is 0 Å². The quantitative estimate of drug-likeness (QED) is 0.836. The molecule has 0 radical (unpaired) electrons. The highest BCUT2D eigenvalue weighted by Crippen LogP contribution is 2.35. The van der Waals surface area contributed by atoms with Crippen LogP contribution in [-0.4, -0.2) is 56.4 Å². The van der Waals surface area contributed by atoms with Crippen LogP contribution in [0.3, 0.4) is 0 Å². The van der Waals surface area contributed by atoms with Crippen molar-refractivity contribution >= 4 is 10.2 Å². The van der Waals surface area contributed by atoms with Gasteiger partial charge in [-0.1, -0.05) is 37.3 Å². The summed E-state index contributed by atoms with van der Waals surface area (Å²) in [6.45, 7) is 4.47. The van der Waals surface area contributed by atoms with Crippen LogP contribution in [0.5, 0.6) is 0 Å². The minimum atomic E-state index is -3.38. The Morgan fingerprint density at radius 3 is 2.38 bits per heavy atom. The first kappa shape index (κ1) is 17.9. The molecule has 0 spiro atoms. The third-order valence-corrected chi connectivity index (χ3v) is 7.50. The summed E-state index contributed by atoms with van der Waals surface area (Å²) in [6.07, 6.45) is 3.67. The highest BCUT2D eigenvalue weighted by Gasteiger charge is 2.40. The molecule has 1 aromatic carbocycles. The Balaban J connectivity index is 1.74. The SMILES string of the molecule is COC1CCN(S(=O)(=O)N2CCCC(C)(c3ccccc3)C2)CC1. The number of methoxy groups -OCH3 is 1. The third kappa shape index (κ3) is 3.52. The second-order valence-electron chi connectivity index (χ2n) is 7.21. The van der Waals surface area contributed by atoms with E-state index in [1.165, 1.54) is 5.56 Å². The zero-order valence-electron chi connectivity index (χ0n) is 14.6. The molecular weight excluding hydrogens is 324 g/mol. The van der Waals surface area contributed by atoms with E-state index in [1.807, 2.05) is 18.2 Å². The Hall–Kier alpha value is -0.950. The summed E-state index contributed by atoms with van der Waals surface area (Å²) in [5.74, 6) is 0. The average Bonchev–Trinajstić information content (AvgIpc) is 2.62. The van der Waals surface area contributed by atoms with E-state index in [-0.39, 0.29) is 11.5 Å². The van der Waals surface area contributed by atoms with E-state index >= 15 is 0 Å². The molecule has 134 valence electrons. The number of ether oxygens (including phenoxy) is 1. The molecule has 5 nitrogen and oxygen atoms in total. The fourth-order valence-electron chi connectivity index (χ4n) is 3.93. The Labute approximate surface area is 145 Å². The molecule has 1 atom stereocenters. The predicted octanol–water partition coefficient (Wildman–Crippen LogP) is 2.40. The minimum absolute atomic E-state index is 0.114. The second-order valence-corrected chi connectivity index (χ2v) is 9.13. The molecule has 0 aliphatic carbocycles. The van der Waals surface area contributed by atoms with E-state index < -0.39 is 10.2 Å². The van der Waals surface area contributed by atoms with Crippen LogP contribution < -0.4 is 0 Å². The van der Waals surface area contributed by atoms with Crippen LogP contribution in [0, 0.1) is 0 Å². The summed E-state index contributed by atoms with van der Waals surface area (Å²) < 4.78 is 34.8. The fourth-order valence-corrected chi connectivity index (χ4v) is 5.73. The van der Waals surface area contributed by atoms with E-state index in [4.69, 9.17) is 4.74 Å². The second kappa shape index (κ2) is 7.12. The molecule has 1 aromatic rings. The standard InChI is InChI=1S/C18H28N2O3S/c1-18(16-7-4-3-5-8-16)11-6-12-20(15-18)24(21,22)19-13-9-17(23-2)10-14-19/h3-5,7-8,17H,6,9-15H2,1-2H3. The van der Waals surface area contributed by atoms with Gasteiger partial charge in [0.15, 0.2) is 0 Å². The minimum Gasteiger partial charge on any atom is -0.381 e. The van der Waals surface area contributed by atoms with Gasteiger partial charge in [-0.25, -0.2) is 0 Å². The van der Waals surface area contributed by atoms with Crippen molar-refractivity contribution in [2.24, 2.45) is 0 Å². The average molecular weight is 353 g/mol. The molecule has 2 fully saturated rings. The Bertz CT molecular complexity index is 641. The molecule has 2 heterocycles. The van der Waals surface area contributed by atoms with Crippen molar-refractivity contribution in [3.8, 4) is 0 Å². The van der Waals surface area contributed by atoms with Crippen LogP contribution >= 0.6 is 0 Å². The van der Waals surface area contributed by atoms with Crippen LogP contribution in [-0.2, 0) is 20.4 Å². The van der Waals surface area contributed by atoms with Crippen molar-refractivity contribution in [3.63, 3.8) is 0 Å². The van der Waals surface area contributed by atoms with Gasteiger partial charge in [0, 0.05) is 38.7 Å². The number of nitrogens with zero attached hydrogens (tertiary/aromatic N) is 2. The highest BCUT2D eigenvalue weighted by atomic mass is 32.2. The molecule has 24 heavy (non-hydrogen) atoms. The van der Waals surface area contributed by atoms with Crippen LogP contribution in [0.15, 0.2) is 30.3 Å². The lowest BCUT2D eigenvalue weighted by molar-refractivity contribution is 0.0585. The first-order chi connectivity index (χ1) is 11.5. The van der Waals surface area contributed by atoms with Gasteiger partial charge in [0.2, 0.25) is 0 Å². The van der Waals surface area contributed by atoms with Gasteiger partial charge in [-0.3, -0.25) is 0 Å². The van der Waals surface area contributed by atoms with Crippen molar-refractivity contribution in [1.29, 1.82) is 0 Å². The maximum atomic E-state index is 13.1. The Kier molecular flexibility index (Phi) is 5.30. The van der Waals surface area contributed by atoms with E-state index in [0.717, 1.165) is 25.7 Å². The summed E-state index contributed by atoms with van der Waals surface area (Å²) in [7, 11) is -1.69. The van der Waals surface area contributed by atoms with Crippen molar-refractivity contribution in [3.05, 3.63) is 35.9 Å². The summed E-state index contributed by atoms with van der Waals surface area (Å²) in [5.41, 5.74) is 1.11. The monoisotopic (exact) mass is 352 g/mol. The van der Waals surface area contributed by atoms with Gasteiger partial charge in [0.05, 0.1) is 6.10 Å². The smallest absolute Gasteiger partial charge is 0.282 e. The summed E-state index contributed by atoms with van der Waals surface area (Å²) in [6, 6.07) is 10.3. The summed E-state index contributed by atoms with van der Waals surface area (Å²) >= 11 is 0. The summed E-state index contributed by atoms with van der Waals surface area (Å²) in [5, 5.41) is 0. The van der Waals surface area contributed by atoms with Crippen LogP contribution in [0.1, 0.15) is 38.2 Å². The topological polar surface area (TPSA) is 49.9 Å². The molecule has 0 aromatic heterocycles. The van der Waals surface area contributed by atoms with Crippen LogP contribution in [0.25, 0.3) is 0 Å². The number of benzene rings is 1. The molecule has 6 heteroatoms. The normalized spacial score (nSPS) is 28.1. The van der Waals surface area contributed by atoms with Crippen molar-refractivity contribution in [2.45, 2.75) is 44.1 Å². The molecular formula is C18H28N2O3S. The van der Waals surface area contributed by atoms with Gasteiger partial charge in [-0.2, -0.15) is 17.0 Å². The molecule has 2 saturated heterocycles. The van der Waals surface area contributed by atoms with E-state index in [9.17, 15) is 8.42 Å². The number of rotatable bonds is 4. The number of hydrogen-bond donors (Lipinski definition) is 0. The zero-order valence-corrected chi connectivity index (χ0v) is 15.5. The van der Waals surface area contributed by atoms with Gasteiger partial charge in [-0.05, 0) is 31.2 Å². The van der Waals surface area contributed by atoms with E-state index in [2.05, 4.69) is 19.1 Å². The Morgan fingerprint density at radius 1 is 1.08 bits per heavy atom. The zero-order chi connectivity index (χ0) is 17.2. The first-order valence-electron chi connectivity index (χ1n) is 8.79. The fraction of sp³-hybridized carbons (Fsp3) is 0.667. The lowest BCUT2D eigenvalue weighted by atomic mass is 9.77. The number of piperidine rings is 2. The molecule has 1 unspecified atom stereocenters. The van der Waals surface area contributed by atoms with Gasteiger partial charge < -0.3 is 4.74 Å². The van der Waals surface area contributed by atoms with Gasteiger partial charge in [0.1, 0.15) is 0 Å².